The molecule has 0 aliphatic carbocycles. The van der Waals surface area contributed by atoms with Crippen molar-refractivity contribution in [1.82, 2.24) is 15.2 Å². The normalized spacial score (nSPS) is 11.2. The van der Waals surface area contributed by atoms with Crippen molar-refractivity contribution >= 4 is 33.4 Å². The summed E-state index contributed by atoms with van der Waals surface area (Å²) in [5.74, 6) is -0.766. The van der Waals surface area contributed by atoms with E-state index in [0.717, 1.165) is 5.56 Å². The van der Waals surface area contributed by atoms with Crippen molar-refractivity contribution in [2.75, 3.05) is 19.7 Å². The van der Waals surface area contributed by atoms with Crippen LogP contribution in [0.25, 0.3) is 0 Å². The molecule has 2 N–H and O–H groups in total. The molecule has 2 aromatic carbocycles. The fourth-order valence-electron chi connectivity index (χ4n) is 2.60. The van der Waals surface area contributed by atoms with Gasteiger partial charge in [0, 0.05) is 23.7 Å². The van der Waals surface area contributed by atoms with Crippen LogP contribution in [0.15, 0.2) is 47.4 Å². The van der Waals surface area contributed by atoms with Crippen LogP contribution in [0.3, 0.4) is 0 Å². The van der Waals surface area contributed by atoms with Gasteiger partial charge in [0.2, 0.25) is 10.0 Å². The summed E-state index contributed by atoms with van der Waals surface area (Å²) in [7, 11) is -3.70. The minimum absolute atomic E-state index is 0.00613. The average molecular weight is 454 g/mol. The van der Waals surface area contributed by atoms with E-state index in [2.05, 4.69) is 10.9 Å². The molecule has 0 aliphatic rings. The van der Waals surface area contributed by atoms with Gasteiger partial charge in [0.15, 0.2) is 6.61 Å². The molecule has 0 heterocycles. The SMILES string of the molecule is CCN(CC)S(=O)(=O)c1cccc(C(=O)NNC(=O)COc2ccc(Cl)c(C)c2)c1. The number of sulfonamides is 1. The molecule has 0 saturated heterocycles. The van der Waals surface area contributed by atoms with Crippen LogP contribution in [0, 0.1) is 6.92 Å². The van der Waals surface area contributed by atoms with E-state index in [-0.39, 0.29) is 17.1 Å². The molecule has 30 heavy (non-hydrogen) atoms. The number of nitrogens with zero attached hydrogens (tertiary/aromatic N) is 1. The van der Waals surface area contributed by atoms with Crippen molar-refractivity contribution in [3.05, 3.63) is 58.6 Å². The Hall–Kier alpha value is -2.62. The number of hydrogen-bond donors (Lipinski definition) is 2. The standard InChI is InChI=1S/C20H24ClN3O5S/c1-4-24(5-2)30(27,28)17-8-6-7-15(12-17)20(26)23-22-19(25)13-29-16-9-10-18(21)14(3)11-16/h6-12H,4-5,13H2,1-3H3,(H,22,25)(H,23,26). The van der Waals surface area contributed by atoms with Crippen molar-refractivity contribution in [3.8, 4) is 5.75 Å². The number of halogens is 1. The molecule has 0 radical (unpaired) electrons. The van der Waals surface area contributed by atoms with Crippen LogP contribution in [-0.4, -0.2) is 44.2 Å². The number of aryl methyl sites for hydroxylation is 1. The van der Waals surface area contributed by atoms with E-state index >= 15 is 0 Å². The maximum Gasteiger partial charge on any atom is 0.276 e. The predicted octanol–water partition coefficient (Wildman–Crippen LogP) is 2.52. The highest BCUT2D eigenvalue weighted by molar-refractivity contribution is 7.89. The molecule has 0 fully saturated rings. The van der Waals surface area contributed by atoms with E-state index in [0.29, 0.717) is 23.9 Å². The van der Waals surface area contributed by atoms with Gasteiger partial charge in [-0.3, -0.25) is 20.4 Å². The number of carbonyl (C=O) groups is 2. The first kappa shape index (κ1) is 23.7. The Morgan fingerprint density at radius 2 is 1.77 bits per heavy atom. The van der Waals surface area contributed by atoms with Crippen LogP contribution >= 0.6 is 11.6 Å². The summed E-state index contributed by atoms with van der Waals surface area (Å²) in [5.41, 5.74) is 5.38. The van der Waals surface area contributed by atoms with E-state index in [1.165, 1.54) is 28.6 Å². The zero-order valence-corrected chi connectivity index (χ0v) is 18.5. The second-order valence-corrected chi connectivity index (χ2v) is 8.66. The Morgan fingerprint density at radius 1 is 1.07 bits per heavy atom. The summed E-state index contributed by atoms with van der Waals surface area (Å²) in [6.07, 6.45) is 0. The Balaban J connectivity index is 1.96. The molecule has 162 valence electrons. The number of ether oxygens (including phenoxy) is 1. The summed E-state index contributed by atoms with van der Waals surface area (Å²) >= 11 is 5.94. The number of nitrogens with one attached hydrogen (secondary N) is 2. The summed E-state index contributed by atoms with van der Waals surface area (Å²) < 4.78 is 31.8. The summed E-state index contributed by atoms with van der Waals surface area (Å²) in [4.78, 5) is 24.2. The van der Waals surface area contributed by atoms with Gasteiger partial charge in [0.25, 0.3) is 11.8 Å². The lowest BCUT2D eigenvalue weighted by Crippen LogP contribution is -2.43. The maximum absolute atomic E-state index is 12.6. The van der Waals surface area contributed by atoms with Crippen molar-refractivity contribution in [3.63, 3.8) is 0 Å². The molecule has 0 atom stereocenters. The van der Waals surface area contributed by atoms with Gasteiger partial charge in [0.1, 0.15) is 5.75 Å². The molecule has 10 heteroatoms. The average Bonchev–Trinajstić information content (AvgIpc) is 2.73. The third-order valence-corrected chi connectivity index (χ3v) is 6.72. The molecule has 2 rings (SSSR count). The molecule has 0 bridgehead atoms. The van der Waals surface area contributed by atoms with Crippen LogP contribution in [0.2, 0.25) is 5.02 Å². The highest BCUT2D eigenvalue weighted by atomic mass is 35.5. The zero-order valence-electron chi connectivity index (χ0n) is 16.9. The predicted molar refractivity (Wildman–Crippen MR) is 114 cm³/mol. The van der Waals surface area contributed by atoms with Crippen molar-refractivity contribution in [1.29, 1.82) is 0 Å². The Bertz CT molecular complexity index is 1020. The van der Waals surface area contributed by atoms with Crippen LogP contribution in [0.1, 0.15) is 29.8 Å². The lowest BCUT2D eigenvalue weighted by atomic mass is 10.2. The number of amides is 2. The number of hydrogen-bond acceptors (Lipinski definition) is 5. The van der Waals surface area contributed by atoms with Gasteiger partial charge in [-0.2, -0.15) is 4.31 Å². The van der Waals surface area contributed by atoms with Gasteiger partial charge >= 0.3 is 0 Å². The lowest BCUT2D eigenvalue weighted by Gasteiger charge is -2.18. The monoisotopic (exact) mass is 453 g/mol. The molecule has 0 unspecified atom stereocenters. The van der Waals surface area contributed by atoms with Crippen LogP contribution in [-0.2, 0) is 14.8 Å². The van der Waals surface area contributed by atoms with Gasteiger partial charge in [-0.05, 0) is 48.9 Å². The zero-order chi connectivity index (χ0) is 22.3. The molecular weight excluding hydrogens is 430 g/mol. The van der Waals surface area contributed by atoms with Crippen molar-refractivity contribution in [2.45, 2.75) is 25.7 Å². The summed E-state index contributed by atoms with van der Waals surface area (Å²) in [5, 5.41) is 0.587. The Labute approximate surface area is 181 Å². The van der Waals surface area contributed by atoms with Crippen molar-refractivity contribution in [2.24, 2.45) is 0 Å². The second-order valence-electron chi connectivity index (χ2n) is 6.32. The van der Waals surface area contributed by atoms with Crippen LogP contribution in [0.5, 0.6) is 5.75 Å². The largest absolute Gasteiger partial charge is 0.484 e. The molecular formula is C20H24ClN3O5S. The minimum atomic E-state index is -3.70. The quantitative estimate of drug-likeness (QED) is 0.597. The summed E-state index contributed by atoms with van der Waals surface area (Å²) in [6, 6.07) is 10.6. The fourth-order valence-corrected chi connectivity index (χ4v) is 4.22. The highest BCUT2D eigenvalue weighted by Crippen LogP contribution is 2.21. The lowest BCUT2D eigenvalue weighted by molar-refractivity contribution is -0.123. The smallest absolute Gasteiger partial charge is 0.276 e. The van der Waals surface area contributed by atoms with E-state index in [9.17, 15) is 18.0 Å². The third-order valence-electron chi connectivity index (χ3n) is 4.25. The minimum Gasteiger partial charge on any atom is -0.484 e. The number of hydrazine groups is 1. The van der Waals surface area contributed by atoms with Gasteiger partial charge in [-0.25, -0.2) is 8.42 Å². The van der Waals surface area contributed by atoms with E-state index in [4.69, 9.17) is 16.3 Å². The first-order chi connectivity index (χ1) is 14.2. The van der Waals surface area contributed by atoms with Gasteiger partial charge in [-0.1, -0.05) is 31.5 Å². The van der Waals surface area contributed by atoms with Crippen LogP contribution in [0.4, 0.5) is 0 Å². The Morgan fingerprint density at radius 3 is 2.40 bits per heavy atom. The summed E-state index contributed by atoms with van der Waals surface area (Å²) in [6.45, 7) is 5.60. The molecule has 0 aromatic heterocycles. The molecule has 0 spiro atoms. The van der Waals surface area contributed by atoms with Crippen molar-refractivity contribution < 1.29 is 22.7 Å². The molecule has 2 aromatic rings. The van der Waals surface area contributed by atoms with Gasteiger partial charge < -0.3 is 4.74 Å². The second kappa shape index (κ2) is 10.4. The Kier molecular flexibility index (Phi) is 8.22. The van der Waals surface area contributed by atoms with E-state index in [1.54, 1.807) is 32.0 Å². The van der Waals surface area contributed by atoms with E-state index in [1.807, 2.05) is 6.92 Å². The fraction of sp³-hybridized carbons (Fsp3) is 0.300. The number of carbonyl (C=O) groups excluding carboxylic acids is 2. The molecule has 0 aliphatic heterocycles. The molecule has 2 amide bonds. The topological polar surface area (TPSA) is 105 Å². The number of benzene rings is 2. The number of rotatable bonds is 8. The molecule has 0 saturated carbocycles. The first-order valence-electron chi connectivity index (χ1n) is 9.27. The van der Waals surface area contributed by atoms with E-state index < -0.39 is 21.8 Å². The van der Waals surface area contributed by atoms with Crippen LogP contribution < -0.4 is 15.6 Å². The van der Waals surface area contributed by atoms with Gasteiger partial charge in [0.05, 0.1) is 4.90 Å². The highest BCUT2D eigenvalue weighted by Gasteiger charge is 2.22. The maximum atomic E-state index is 12.6. The third kappa shape index (κ3) is 5.94. The molecule has 8 nitrogen and oxygen atoms in total. The first-order valence-corrected chi connectivity index (χ1v) is 11.1. The van der Waals surface area contributed by atoms with Gasteiger partial charge in [-0.15, -0.1) is 0 Å².